The van der Waals surface area contributed by atoms with Crippen molar-refractivity contribution in [2.45, 2.75) is 72.8 Å². The summed E-state index contributed by atoms with van der Waals surface area (Å²) >= 11 is 1.65. The molecule has 0 saturated carbocycles. The van der Waals surface area contributed by atoms with Gasteiger partial charge in [-0.25, -0.2) is 4.98 Å². The van der Waals surface area contributed by atoms with E-state index >= 15 is 0 Å². The molecule has 2 aromatic heterocycles. The molecule has 0 saturated heterocycles. The Morgan fingerprint density at radius 3 is 2.56 bits per heavy atom. The van der Waals surface area contributed by atoms with Crippen LogP contribution in [0.5, 0.6) is 0 Å². The Morgan fingerprint density at radius 2 is 1.88 bits per heavy atom. The molecule has 0 aliphatic carbocycles. The number of unbranched alkanes of at least 4 members (excludes halogenated alkanes) is 2. The second-order valence-electron chi connectivity index (χ2n) is 8.56. The number of amides is 1. The average Bonchev–Trinajstić information content (AvgIpc) is 3.43. The first-order valence-electron chi connectivity index (χ1n) is 12.1. The molecule has 0 aliphatic rings. The summed E-state index contributed by atoms with van der Waals surface area (Å²) in [4.78, 5) is 18.0. The van der Waals surface area contributed by atoms with Gasteiger partial charge in [0.2, 0.25) is 0 Å². The number of nitrogens with zero attached hydrogens (tertiary/aromatic N) is 2. The molecule has 1 unspecified atom stereocenters. The Morgan fingerprint density at radius 1 is 1.12 bits per heavy atom. The summed E-state index contributed by atoms with van der Waals surface area (Å²) in [6, 6.07) is 12.3. The van der Waals surface area contributed by atoms with Gasteiger partial charge in [-0.1, -0.05) is 76.8 Å². The second kappa shape index (κ2) is 12.0. The van der Waals surface area contributed by atoms with E-state index in [2.05, 4.69) is 55.1 Å². The van der Waals surface area contributed by atoms with Crippen LogP contribution in [0.15, 0.2) is 41.8 Å². The van der Waals surface area contributed by atoms with Gasteiger partial charge in [0.25, 0.3) is 5.91 Å². The number of carbonyl (C=O) groups excluding carboxylic acids is 1. The maximum absolute atomic E-state index is 13.1. The van der Waals surface area contributed by atoms with E-state index in [4.69, 9.17) is 4.98 Å². The Balaban J connectivity index is 1.85. The molecule has 0 aliphatic heterocycles. The number of rotatable bonds is 12. The van der Waals surface area contributed by atoms with Gasteiger partial charge in [-0.3, -0.25) is 4.79 Å². The van der Waals surface area contributed by atoms with Crippen molar-refractivity contribution in [3.05, 3.63) is 53.0 Å². The molecular weight excluding hydrogens is 414 g/mol. The summed E-state index contributed by atoms with van der Waals surface area (Å²) < 4.78 is 2.27. The quantitative estimate of drug-likeness (QED) is 0.313. The zero-order valence-electron chi connectivity index (χ0n) is 20.0. The van der Waals surface area contributed by atoms with Gasteiger partial charge in [0.15, 0.2) is 0 Å². The van der Waals surface area contributed by atoms with Crippen molar-refractivity contribution in [1.29, 1.82) is 0 Å². The van der Waals surface area contributed by atoms with Crippen LogP contribution in [0.25, 0.3) is 22.0 Å². The molecule has 0 bridgehead atoms. The van der Waals surface area contributed by atoms with Gasteiger partial charge in [-0.05, 0) is 31.7 Å². The minimum absolute atomic E-state index is 0.0347. The monoisotopic (exact) mass is 451 g/mol. The Labute approximate surface area is 197 Å². The number of aromatic nitrogens is 2. The predicted octanol–water partition coefficient (Wildman–Crippen LogP) is 7.33. The third-order valence-electron chi connectivity index (χ3n) is 6.23. The van der Waals surface area contributed by atoms with Gasteiger partial charge in [-0.15, -0.1) is 11.3 Å². The zero-order chi connectivity index (χ0) is 22.9. The molecule has 32 heavy (non-hydrogen) atoms. The maximum Gasteiger partial charge on any atom is 0.253 e. The lowest BCUT2D eigenvalue weighted by molar-refractivity contribution is 0.0945. The first-order valence-corrected chi connectivity index (χ1v) is 13.0. The van der Waals surface area contributed by atoms with E-state index in [-0.39, 0.29) is 5.91 Å². The third kappa shape index (κ3) is 5.89. The Bertz CT molecular complexity index is 990. The number of nitrogens with one attached hydrogen (secondary N) is 1. The summed E-state index contributed by atoms with van der Waals surface area (Å²) in [5, 5.41) is 6.33. The van der Waals surface area contributed by atoms with Gasteiger partial charge in [0.05, 0.1) is 17.0 Å². The van der Waals surface area contributed by atoms with Crippen LogP contribution in [0.1, 0.15) is 75.3 Å². The van der Waals surface area contributed by atoms with Crippen molar-refractivity contribution in [3.8, 4) is 22.0 Å². The number of benzene rings is 1. The van der Waals surface area contributed by atoms with Crippen molar-refractivity contribution in [3.63, 3.8) is 0 Å². The van der Waals surface area contributed by atoms with Crippen molar-refractivity contribution >= 4 is 17.2 Å². The lowest BCUT2D eigenvalue weighted by Crippen LogP contribution is -2.29. The first-order chi connectivity index (χ1) is 15.6. The molecular formula is C27H37N3OS. The molecule has 3 aromatic rings. The molecule has 0 radical (unpaired) electrons. The fourth-order valence-electron chi connectivity index (χ4n) is 4.07. The smallest absolute Gasteiger partial charge is 0.253 e. The number of hydrogen-bond donors (Lipinski definition) is 1. The van der Waals surface area contributed by atoms with Gasteiger partial charge in [-0.2, -0.15) is 0 Å². The molecule has 1 aromatic carbocycles. The summed E-state index contributed by atoms with van der Waals surface area (Å²) in [6.45, 7) is 10.3. The van der Waals surface area contributed by atoms with E-state index in [0.717, 1.165) is 65.6 Å². The highest BCUT2D eigenvalue weighted by Crippen LogP contribution is 2.31. The van der Waals surface area contributed by atoms with E-state index in [9.17, 15) is 4.79 Å². The third-order valence-corrected chi connectivity index (χ3v) is 7.12. The maximum atomic E-state index is 13.1. The Hall–Kier alpha value is -2.40. The van der Waals surface area contributed by atoms with Crippen LogP contribution in [0.2, 0.25) is 0 Å². The lowest BCUT2D eigenvalue weighted by Gasteiger charge is -2.15. The Kier molecular flexibility index (Phi) is 9.10. The number of hydrogen-bond acceptors (Lipinski definition) is 3. The fraction of sp³-hybridized carbons (Fsp3) is 0.481. The standard InChI is InChI=1S/C27H37N3OS/c1-5-8-13-21(7-3)18-28-26(31)23-17-25(30(20(23)4)16-9-6-2)24-19-32-27(29-24)22-14-11-10-12-15-22/h10-12,14-15,17,19,21H,5-9,13,16,18H2,1-4H3,(H,28,31). The average molecular weight is 452 g/mol. The lowest BCUT2D eigenvalue weighted by atomic mass is 9.99. The highest BCUT2D eigenvalue weighted by molar-refractivity contribution is 7.13. The van der Waals surface area contributed by atoms with E-state index in [1.165, 1.54) is 19.3 Å². The highest BCUT2D eigenvalue weighted by atomic mass is 32.1. The van der Waals surface area contributed by atoms with E-state index in [1.807, 2.05) is 24.3 Å². The van der Waals surface area contributed by atoms with Crippen LogP contribution in [0.3, 0.4) is 0 Å². The topological polar surface area (TPSA) is 46.9 Å². The highest BCUT2D eigenvalue weighted by Gasteiger charge is 2.20. The normalized spacial score (nSPS) is 12.1. The molecule has 2 heterocycles. The van der Waals surface area contributed by atoms with Crippen LogP contribution in [-0.2, 0) is 6.54 Å². The summed E-state index contributed by atoms with van der Waals surface area (Å²) in [5.74, 6) is 0.584. The fourth-order valence-corrected chi connectivity index (χ4v) is 4.89. The van der Waals surface area contributed by atoms with Crippen molar-refractivity contribution in [1.82, 2.24) is 14.9 Å². The number of thiazole rings is 1. The SMILES string of the molecule is CCCCC(CC)CNC(=O)c1cc(-c2csc(-c3ccccc3)n2)n(CCCC)c1C. The zero-order valence-corrected chi connectivity index (χ0v) is 20.8. The summed E-state index contributed by atoms with van der Waals surface area (Å²) in [6.07, 6.45) is 6.89. The minimum atomic E-state index is 0.0347. The second-order valence-corrected chi connectivity index (χ2v) is 9.42. The van der Waals surface area contributed by atoms with Crippen LogP contribution >= 0.6 is 11.3 Å². The molecule has 3 rings (SSSR count). The van der Waals surface area contributed by atoms with E-state index in [1.54, 1.807) is 11.3 Å². The number of carbonyl (C=O) groups is 1. The molecule has 172 valence electrons. The van der Waals surface area contributed by atoms with Gasteiger partial charge in [0, 0.05) is 29.7 Å². The molecule has 0 spiro atoms. The van der Waals surface area contributed by atoms with Gasteiger partial charge >= 0.3 is 0 Å². The van der Waals surface area contributed by atoms with Crippen LogP contribution < -0.4 is 5.32 Å². The molecule has 0 fully saturated rings. The molecule has 1 amide bonds. The largest absolute Gasteiger partial charge is 0.352 e. The van der Waals surface area contributed by atoms with E-state index in [0.29, 0.717) is 5.92 Å². The summed E-state index contributed by atoms with van der Waals surface area (Å²) in [5.41, 5.74) is 4.92. The van der Waals surface area contributed by atoms with Crippen molar-refractivity contribution < 1.29 is 4.79 Å². The molecule has 1 N–H and O–H groups in total. The minimum Gasteiger partial charge on any atom is -0.352 e. The van der Waals surface area contributed by atoms with Gasteiger partial charge in [0.1, 0.15) is 5.01 Å². The van der Waals surface area contributed by atoms with Crippen LogP contribution in [0.4, 0.5) is 0 Å². The predicted molar refractivity (Wildman–Crippen MR) is 136 cm³/mol. The van der Waals surface area contributed by atoms with Crippen molar-refractivity contribution in [2.24, 2.45) is 5.92 Å². The molecule has 5 heteroatoms. The molecule has 1 atom stereocenters. The van der Waals surface area contributed by atoms with E-state index < -0.39 is 0 Å². The first kappa shape index (κ1) is 24.2. The van der Waals surface area contributed by atoms with Crippen LogP contribution in [0, 0.1) is 12.8 Å². The van der Waals surface area contributed by atoms with Crippen LogP contribution in [-0.4, -0.2) is 22.0 Å². The van der Waals surface area contributed by atoms with Gasteiger partial charge < -0.3 is 9.88 Å². The molecule has 4 nitrogen and oxygen atoms in total. The van der Waals surface area contributed by atoms with Crippen molar-refractivity contribution in [2.75, 3.05) is 6.54 Å². The summed E-state index contributed by atoms with van der Waals surface area (Å²) in [7, 11) is 0.